The van der Waals surface area contributed by atoms with Gasteiger partial charge in [0.25, 0.3) is 0 Å². The zero-order valence-electron chi connectivity index (χ0n) is 10.4. The van der Waals surface area contributed by atoms with Gasteiger partial charge in [0.1, 0.15) is 12.4 Å². The van der Waals surface area contributed by atoms with Crippen molar-refractivity contribution in [2.75, 3.05) is 24.5 Å². The van der Waals surface area contributed by atoms with Crippen LogP contribution in [0.2, 0.25) is 0 Å². The van der Waals surface area contributed by atoms with E-state index in [0.717, 1.165) is 0 Å². The highest BCUT2D eigenvalue weighted by molar-refractivity contribution is 6.41. The minimum Gasteiger partial charge on any atom is -0.319 e. The van der Waals surface area contributed by atoms with Gasteiger partial charge in [-0.2, -0.15) is 5.26 Å². The molecule has 0 saturated carbocycles. The molecule has 0 bridgehead atoms. The summed E-state index contributed by atoms with van der Waals surface area (Å²) in [5.41, 5.74) is 0.837. The highest BCUT2D eigenvalue weighted by Gasteiger charge is 2.33. The molecule has 0 spiro atoms. The van der Waals surface area contributed by atoms with Crippen LogP contribution < -0.4 is 4.90 Å². The Morgan fingerprint density at radius 2 is 2.05 bits per heavy atom. The molecule has 1 aliphatic rings. The number of hydrogen-bond donors (Lipinski definition) is 0. The number of amides is 2. The number of anilines is 1. The molecule has 0 radical (unpaired) electrons. The van der Waals surface area contributed by atoms with Crippen molar-refractivity contribution < 1.29 is 14.0 Å². The molecule has 1 aliphatic heterocycles. The van der Waals surface area contributed by atoms with E-state index in [1.54, 1.807) is 19.1 Å². The summed E-state index contributed by atoms with van der Waals surface area (Å²) in [5, 5.41) is 8.55. The van der Waals surface area contributed by atoms with Crippen LogP contribution in [0.3, 0.4) is 0 Å². The van der Waals surface area contributed by atoms with E-state index < -0.39 is 17.6 Å². The maximum atomic E-state index is 13.5. The molecule has 2 rings (SSSR count). The molecule has 1 fully saturated rings. The van der Waals surface area contributed by atoms with E-state index in [9.17, 15) is 14.0 Å². The second-order valence-electron chi connectivity index (χ2n) is 4.28. The molecule has 5 nitrogen and oxygen atoms in total. The second kappa shape index (κ2) is 5.06. The lowest BCUT2D eigenvalue weighted by molar-refractivity contribution is -0.145. The quantitative estimate of drug-likeness (QED) is 0.585. The zero-order chi connectivity index (χ0) is 14.0. The Labute approximate surface area is 109 Å². The number of benzene rings is 1. The Hall–Kier alpha value is -2.42. The van der Waals surface area contributed by atoms with Gasteiger partial charge in [0.2, 0.25) is 0 Å². The molecule has 0 atom stereocenters. The fourth-order valence-corrected chi connectivity index (χ4v) is 1.91. The fraction of sp³-hybridized carbons (Fsp3) is 0.308. The molecule has 0 unspecified atom stereocenters. The van der Waals surface area contributed by atoms with Gasteiger partial charge in [-0.05, 0) is 24.6 Å². The number of rotatable bonds is 2. The van der Waals surface area contributed by atoms with Crippen molar-refractivity contribution in [3.05, 3.63) is 29.6 Å². The van der Waals surface area contributed by atoms with E-state index >= 15 is 0 Å². The average molecular weight is 261 g/mol. The van der Waals surface area contributed by atoms with Gasteiger partial charge in [0.15, 0.2) is 0 Å². The molecule has 1 aromatic rings. The summed E-state index contributed by atoms with van der Waals surface area (Å²) in [6, 6.07) is 6.23. The van der Waals surface area contributed by atoms with Gasteiger partial charge in [-0.25, -0.2) is 4.39 Å². The van der Waals surface area contributed by atoms with E-state index in [1.807, 2.05) is 6.07 Å². The number of piperazine rings is 1. The zero-order valence-corrected chi connectivity index (χ0v) is 10.4. The van der Waals surface area contributed by atoms with E-state index in [-0.39, 0.29) is 19.6 Å². The molecule has 0 aliphatic carbocycles. The van der Waals surface area contributed by atoms with Crippen LogP contribution in [0.4, 0.5) is 10.1 Å². The summed E-state index contributed by atoms with van der Waals surface area (Å²) in [7, 11) is 0. The lowest BCUT2D eigenvalue weighted by Crippen LogP contribution is -2.54. The summed E-state index contributed by atoms with van der Waals surface area (Å²) >= 11 is 0. The van der Waals surface area contributed by atoms with Crippen molar-refractivity contribution >= 4 is 17.5 Å². The van der Waals surface area contributed by atoms with Gasteiger partial charge in [0.05, 0.1) is 6.07 Å². The van der Waals surface area contributed by atoms with Crippen LogP contribution in [0.25, 0.3) is 0 Å². The maximum absolute atomic E-state index is 13.5. The molecule has 6 heteroatoms. The third kappa shape index (κ3) is 2.40. The maximum Gasteiger partial charge on any atom is 0.316 e. The molecule has 98 valence electrons. The summed E-state index contributed by atoms with van der Waals surface area (Å²) in [6.07, 6.45) is 0. The normalized spacial score (nSPS) is 15.6. The minimum absolute atomic E-state index is 0.110. The predicted octanol–water partition coefficient (Wildman–Crippen LogP) is 0.833. The summed E-state index contributed by atoms with van der Waals surface area (Å²) in [4.78, 5) is 26.1. The fourth-order valence-electron chi connectivity index (χ4n) is 1.91. The molecule has 0 N–H and O–H groups in total. The standard InChI is InChI=1S/C13H12FN3O2/c1-9-2-3-10(8-11(9)14)17-7-6-16(5-4-15)12(18)13(17)19/h2-3,8H,5-7H2,1H3. The van der Waals surface area contributed by atoms with Crippen LogP contribution in [0.15, 0.2) is 18.2 Å². The van der Waals surface area contributed by atoms with E-state index in [0.29, 0.717) is 11.3 Å². The van der Waals surface area contributed by atoms with Gasteiger partial charge >= 0.3 is 11.8 Å². The van der Waals surface area contributed by atoms with Gasteiger partial charge < -0.3 is 9.80 Å². The number of aryl methyl sites for hydroxylation is 1. The van der Waals surface area contributed by atoms with Gasteiger partial charge in [-0.1, -0.05) is 6.07 Å². The molecule has 1 heterocycles. The summed E-state index contributed by atoms with van der Waals surface area (Å²) < 4.78 is 13.5. The topological polar surface area (TPSA) is 64.4 Å². The van der Waals surface area contributed by atoms with Crippen molar-refractivity contribution in [1.29, 1.82) is 5.26 Å². The van der Waals surface area contributed by atoms with Crippen LogP contribution in [0.1, 0.15) is 5.56 Å². The van der Waals surface area contributed by atoms with Crippen LogP contribution in [-0.2, 0) is 9.59 Å². The van der Waals surface area contributed by atoms with Gasteiger partial charge in [0, 0.05) is 18.8 Å². The van der Waals surface area contributed by atoms with Crippen LogP contribution in [0, 0.1) is 24.1 Å². The summed E-state index contributed by atoms with van der Waals surface area (Å²) in [5.74, 6) is -1.88. The first-order chi connectivity index (χ1) is 9.04. The highest BCUT2D eigenvalue weighted by Crippen LogP contribution is 2.20. The number of carbonyl (C=O) groups is 2. The van der Waals surface area contributed by atoms with Crippen molar-refractivity contribution in [1.82, 2.24) is 4.90 Å². The molecule has 0 aromatic heterocycles. The molecule has 1 saturated heterocycles. The SMILES string of the molecule is Cc1ccc(N2CCN(CC#N)C(=O)C2=O)cc1F. The number of halogens is 1. The number of carbonyl (C=O) groups excluding carboxylic acids is 2. The Bertz CT molecular complexity index is 580. The molecular formula is C13H12FN3O2. The molecule has 1 aromatic carbocycles. The van der Waals surface area contributed by atoms with Crippen molar-refractivity contribution in [3.63, 3.8) is 0 Å². The molecular weight excluding hydrogens is 249 g/mol. The third-order valence-electron chi connectivity index (χ3n) is 3.04. The van der Waals surface area contributed by atoms with Crippen LogP contribution in [-0.4, -0.2) is 36.3 Å². The molecule has 2 amide bonds. The minimum atomic E-state index is -0.732. The first kappa shape index (κ1) is 13.0. The Morgan fingerprint density at radius 1 is 1.32 bits per heavy atom. The van der Waals surface area contributed by atoms with Crippen molar-refractivity contribution in [3.8, 4) is 6.07 Å². The Morgan fingerprint density at radius 3 is 2.68 bits per heavy atom. The van der Waals surface area contributed by atoms with Crippen LogP contribution >= 0.6 is 0 Å². The Kier molecular flexibility index (Phi) is 3.47. The van der Waals surface area contributed by atoms with Gasteiger partial charge in [-0.3, -0.25) is 9.59 Å². The monoisotopic (exact) mass is 261 g/mol. The largest absolute Gasteiger partial charge is 0.319 e. The van der Waals surface area contributed by atoms with Crippen LogP contribution in [0.5, 0.6) is 0 Å². The average Bonchev–Trinajstić information content (AvgIpc) is 2.39. The smallest absolute Gasteiger partial charge is 0.316 e. The number of nitriles is 1. The molecule has 19 heavy (non-hydrogen) atoms. The van der Waals surface area contributed by atoms with Crippen molar-refractivity contribution in [2.45, 2.75) is 6.92 Å². The van der Waals surface area contributed by atoms with E-state index in [4.69, 9.17) is 5.26 Å². The number of nitrogens with zero attached hydrogens (tertiary/aromatic N) is 3. The number of hydrogen-bond acceptors (Lipinski definition) is 3. The predicted molar refractivity (Wildman–Crippen MR) is 65.7 cm³/mol. The van der Waals surface area contributed by atoms with E-state index in [1.165, 1.54) is 15.9 Å². The van der Waals surface area contributed by atoms with Gasteiger partial charge in [-0.15, -0.1) is 0 Å². The lowest BCUT2D eigenvalue weighted by Gasteiger charge is -2.32. The third-order valence-corrected chi connectivity index (χ3v) is 3.04. The highest BCUT2D eigenvalue weighted by atomic mass is 19.1. The first-order valence-electron chi connectivity index (χ1n) is 5.78. The Balaban J connectivity index is 2.23. The first-order valence-corrected chi connectivity index (χ1v) is 5.78. The van der Waals surface area contributed by atoms with E-state index in [2.05, 4.69) is 0 Å². The van der Waals surface area contributed by atoms with Crippen molar-refractivity contribution in [2.24, 2.45) is 0 Å². The summed E-state index contributed by atoms with van der Waals surface area (Å²) in [6.45, 7) is 2.04. The second-order valence-corrected chi connectivity index (χ2v) is 4.28. The lowest BCUT2D eigenvalue weighted by atomic mass is 10.2.